The second-order valence-corrected chi connectivity index (χ2v) is 5.18. The molecule has 0 saturated heterocycles. The van der Waals surface area contributed by atoms with Crippen LogP contribution in [0.15, 0.2) is 60.7 Å². The van der Waals surface area contributed by atoms with E-state index in [1.807, 2.05) is 67.6 Å². The Labute approximate surface area is 133 Å². The van der Waals surface area contributed by atoms with Crippen molar-refractivity contribution in [2.45, 2.75) is 13.0 Å². The Morgan fingerprint density at radius 3 is 2.35 bits per heavy atom. The molecule has 1 atom stereocenters. The Kier molecular flexibility index (Phi) is 4.05. The molecule has 2 aromatic carbocycles. The van der Waals surface area contributed by atoms with Crippen LogP contribution < -0.4 is 11.1 Å². The predicted molar refractivity (Wildman–Crippen MR) is 88.1 cm³/mol. The Hall–Kier alpha value is -3.15. The first kappa shape index (κ1) is 14.8. The summed E-state index contributed by atoms with van der Waals surface area (Å²) in [6.07, 6.45) is 0. The summed E-state index contributed by atoms with van der Waals surface area (Å²) < 4.78 is 1.45. The van der Waals surface area contributed by atoms with Crippen molar-refractivity contribution in [2.75, 3.05) is 5.73 Å². The summed E-state index contributed by atoms with van der Waals surface area (Å²) >= 11 is 0. The molecule has 0 radical (unpaired) electrons. The van der Waals surface area contributed by atoms with Crippen molar-refractivity contribution < 1.29 is 4.79 Å². The number of anilines is 1. The summed E-state index contributed by atoms with van der Waals surface area (Å²) in [7, 11) is 0. The minimum absolute atomic E-state index is 0.122. The van der Waals surface area contributed by atoms with Crippen molar-refractivity contribution in [1.29, 1.82) is 0 Å². The van der Waals surface area contributed by atoms with Crippen LogP contribution in [0.1, 0.15) is 29.0 Å². The molecule has 0 bridgehead atoms. The fourth-order valence-electron chi connectivity index (χ4n) is 2.30. The van der Waals surface area contributed by atoms with Crippen LogP contribution in [0.5, 0.6) is 0 Å². The number of nitrogens with zero attached hydrogens (tertiary/aromatic N) is 3. The lowest BCUT2D eigenvalue weighted by molar-refractivity contribution is 0.0935. The number of nitrogen functional groups attached to an aromatic ring is 1. The normalized spacial score (nSPS) is 11.9. The standard InChI is InChI=1S/C17H17N5O/c1-12(13-8-4-2-5-9-13)19-17(23)15-16(18)22(21-20-15)14-10-6-3-7-11-14/h2-12H,18H2,1H3,(H,19,23)/t12-/m0/s1. The maximum Gasteiger partial charge on any atom is 0.276 e. The van der Waals surface area contributed by atoms with E-state index in [4.69, 9.17) is 5.73 Å². The van der Waals surface area contributed by atoms with E-state index >= 15 is 0 Å². The van der Waals surface area contributed by atoms with Gasteiger partial charge in [0.05, 0.1) is 11.7 Å². The summed E-state index contributed by atoms with van der Waals surface area (Å²) in [6, 6.07) is 18.9. The molecule has 0 spiro atoms. The summed E-state index contributed by atoms with van der Waals surface area (Å²) in [5, 5.41) is 10.8. The van der Waals surface area contributed by atoms with Gasteiger partial charge in [0, 0.05) is 0 Å². The summed E-state index contributed by atoms with van der Waals surface area (Å²) in [6.45, 7) is 1.91. The number of amides is 1. The zero-order valence-corrected chi connectivity index (χ0v) is 12.7. The molecule has 116 valence electrons. The van der Waals surface area contributed by atoms with Gasteiger partial charge in [-0.05, 0) is 24.6 Å². The van der Waals surface area contributed by atoms with Gasteiger partial charge in [0.25, 0.3) is 5.91 Å². The first-order valence-electron chi connectivity index (χ1n) is 7.29. The molecule has 0 aliphatic heterocycles. The lowest BCUT2D eigenvalue weighted by atomic mass is 10.1. The van der Waals surface area contributed by atoms with E-state index in [1.54, 1.807) is 0 Å². The molecule has 0 fully saturated rings. The number of nitrogens with two attached hydrogens (primary N) is 1. The molecule has 3 rings (SSSR count). The molecule has 3 N–H and O–H groups in total. The quantitative estimate of drug-likeness (QED) is 0.774. The number of hydrogen-bond acceptors (Lipinski definition) is 4. The number of benzene rings is 2. The number of carbonyl (C=O) groups is 1. The van der Waals surface area contributed by atoms with Gasteiger partial charge in [-0.3, -0.25) is 4.79 Å². The van der Waals surface area contributed by atoms with Gasteiger partial charge in [0.2, 0.25) is 0 Å². The summed E-state index contributed by atoms with van der Waals surface area (Å²) in [5.41, 5.74) is 7.92. The second kappa shape index (κ2) is 6.31. The number of rotatable bonds is 4. The van der Waals surface area contributed by atoms with Crippen molar-refractivity contribution in [3.8, 4) is 5.69 Å². The zero-order valence-electron chi connectivity index (χ0n) is 12.7. The number of para-hydroxylation sites is 1. The number of nitrogens with one attached hydrogen (secondary N) is 1. The van der Waals surface area contributed by atoms with Crippen LogP contribution in [0.3, 0.4) is 0 Å². The first-order valence-corrected chi connectivity index (χ1v) is 7.29. The fourth-order valence-corrected chi connectivity index (χ4v) is 2.30. The van der Waals surface area contributed by atoms with Crippen LogP contribution in [-0.4, -0.2) is 20.9 Å². The van der Waals surface area contributed by atoms with Gasteiger partial charge in [-0.25, -0.2) is 0 Å². The average molecular weight is 307 g/mol. The third-order valence-corrected chi connectivity index (χ3v) is 3.57. The SMILES string of the molecule is C[C@H](NC(=O)c1nnn(-c2ccccc2)c1N)c1ccccc1. The lowest BCUT2D eigenvalue weighted by Crippen LogP contribution is -2.27. The third kappa shape index (κ3) is 3.06. The van der Waals surface area contributed by atoms with E-state index < -0.39 is 0 Å². The van der Waals surface area contributed by atoms with Crippen LogP contribution in [-0.2, 0) is 0 Å². The molecule has 1 heterocycles. The van der Waals surface area contributed by atoms with Crippen molar-refractivity contribution in [3.63, 3.8) is 0 Å². The Bertz CT molecular complexity index is 798. The summed E-state index contributed by atoms with van der Waals surface area (Å²) in [5.74, 6) is -0.130. The van der Waals surface area contributed by atoms with Crippen LogP contribution in [0.2, 0.25) is 0 Å². The van der Waals surface area contributed by atoms with E-state index in [-0.39, 0.29) is 23.5 Å². The highest BCUT2D eigenvalue weighted by molar-refractivity contribution is 5.96. The van der Waals surface area contributed by atoms with Gasteiger partial charge < -0.3 is 11.1 Å². The molecule has 1 aromatic heterocycles. The minimum Gasteiger partial charge on any atom is -0.382 e. The monoisotopic (exact) mass is 307 g/mol. The van der Waals surface area contributed by atoms with Crippen molar-refractivity contribution in [1.82, 2.24) is 20.3 Å². The zero-order chi connectivity index (χ0) is 16.2. The molecule has 6 nitrogen and oxygen atoms in total. The van der Waals surface area contributed by atoms with E-state index in [2.05, 4.69) is 15.6 Å². The van der Waals surface area contributed by atoms with E-state index in [0.29, 0.717) is 0 Å². The Morgan fingerprint density at radius 2 is 1.70 bits per heavy atom. The third-order valence-electron chi connectivity index (χ3n) is 3.57. The van der Waals surface area contributed by atoms with Crippen molar-refractivity contribution in [2.24, 2.45) is 0 Å². The number of carbonyl (C=O) groups excluding carboxylic acids is 1. The Balaban J connectivity index is 1.80. The molecule has 0 saturated carbocycles. The maximum absolute atomic E-state index is 12.4. The van der Waals surface area contributed by atoms with Gasteiger partial charge in [-0.2, -0.15) is 4.68 Å². The predicted octanol–water partition coefficient (Wildman–Crippen LogP) is 2.34. The highest BCUT2D eigenvalue weighted by Crippen LogP contribution is 2.16. The van der Waals surface area contributed by atoms with Gasteiger partial charge >= 0.3 is 0 Å². The van der Waals surface area contributed by atoms with Crippen molar-refractivity contribution in [3.05, 3.63) is 71.9 Å². The fraction of sp³-hybridized carbons (Fsp3) is 0.118. The lowest BCUT2D eigenvalue weighted by Gasteiger charge is -2.13. The topological polar surface area (TPSA) is 85.8 Å². The molecule has 6 heteroatoms. The molecule has 0 aliphatic rings. The highest BCUT2D eigenvalue weighted by atomic mass is 16.2. The molecule has 0 unspecified atom stereocenters. The van der Waals surface area contributed by atoms with Crippen LogP contribution in [0.4, 0.5) is 5.82 Å². The molecular formula is C17H17N5O. The minimum atomic E-state index is -0.346. The maximum atomic E-state index is 12.4. The second-order valence-electron chi connectivity index (χ2n) is 5.18. The molecule has 23 heavy (non-hydrogen) atoms. The van der Waals surface area contributed by atoms with Gasteiger partial charge in [-0.15, -0.1) is 5.10 Å². The number of aromatic nitrogens is 3. The largest absolute Gasteiger partial charge is 0.382 e. The van der Waals surface area contributed by atoms with E-state index in [1.165, 1.54) is 4.68 Å². The van der Waals surface area contributed by atoms with Gasteiger partial charge in [0.15, 0.2) is 11.5 Å². The Morgan fingerprint density at radius 1 is 1.09 bits per heavy atom. The van der Waals surface area contributed by atoms with E-state index in [9.17, 15) is 4.79 Å². The molecule has 1 amide bonds. The molecular weight excluding hydrogens is 290 g/mol. The summed E-state index contributed by atoms with van der Waals surface area (Å²) in [4.78, 5) is 12.4. The number of hydrogen-bond donors (Lipinski definition) is 2. The molecule has 0 aliphatic carbocycles. The van der Waals surface area contributed by atoms with Crippen LogP contribution in [0, 0.1) is 0 Å². The van der Waals surface area contributed by atoms with Crippen LogP contribution >= 0.6 is 0 Å². The average Bonchev–Trinajstić information content (AvgIpc) is 2.98. The van der Waals surface area contributed by atoms with Crippen LogP contribution in [0.25, 0.3) is 5.69 Å². The first-order chi connectivity index (χ1) is 11.2. The van der Waals surface area contributed by atoms with E-state index in [0.717, 1.165) is 11.3 Å². The highest BCUT2D eigenvalue weighted by Gasteiger charge is 2.20. The smallest absolute Gasteiger partial charge is 0.276 e. The molecule has 3 aromatic rings. The van der Waals surface area contributed by atoms with Gasteiger partial charge in [0.1, 0.15) is 0 Å². The van der Waals surface area contributed by atoms with Gasteiger partial charge in [-0.1, -0.05) is 53.7 Å². The van der Waals surface area contributed by atoms with Crippen molar-refractivity contribution >= 4 is 11.7 Å².